The molecule has 0 saturated carbocycles. The Kier molecular flexibility index (Phi) is 2.83. The van der Waals surface area contributed by atoms with Crippen LogP contribution in [0.1, 0.15) is 26.2 Å². The van der Waals surface area contributed by atoms with Crippen LogP contribution in [-0.2, 0) is 4.79 Å². The lowest BCUT2D eigenvalue weighted by molar-refractivity contribution is -0.136. The third-order valence-corrected chi connectivity index (χ3v) is 4.72. The van der Waals surface area contributed by atoms with Gasteiger partial charge in [-0.15, -0.1) is 0 Å². The van der Waals surface area contributed by atoms with Crippen molar-refractivity contribution < 1.29 is 4.79 Å². The molecule has 2 aromatic rings. The lowest BCUT2D eigenvalue weighted by Gasteiger charge is -2.50. The quantitative estimate of drug-likeness (QED) is 0.863. The number of nitrogens with one attached hydrogen (secondary N) is 1. The number of fused-ring (bicyclic) bond motifs is 3. The van der Waals surface area contributed by atoms with Gasteiger partial charge in [-0.3, -0.25) is 4.79 Å². The van der Waals surface area contributed by atoms with Crippen LogP contribution >= 0.6 is 0 Å². The number of piperazine rings is 1. The summed E-state index contributed by atoms with van der Waals surface area (Å²) in [5.41, 5.74) is 0.874. The summed E-state index contributed by atoms with van der Waals surface area (Å²) in [6.45, 7) is 3.43. The van der Waals surface area contributed by atoms with Crippen molar-refractivity contribution in [3.63, 3.8) is 0 Å². The molecule has 6 nitrogen and oxygen atoms in total. The summed E-state index contributed by atoms with van der Waals surface area (Å²) in [5, 5.41) is 1.06. The van der Waals surface area contributed by atoms with Crippen LogP contribution in [-0.4, -0.2) is 50.9 Å². The van der Waals surface area contributed by atoms with E-state index < -0.39 is 0 Å². The standard InChI is InChI=1S/C15H19N5O/c1-10(21)20-11-3-2-4-12(20)8-19(7-11)15-13-5-6-16-14(13)17-9-18-15/h5-6,9,11-12H,2-4,7-8H2,1H3,(H,16,17,18). The topological polar surface area (TPSA) is 65.1 Å². The maximum atomic E-state index is 11.9. The Morgan fingerprint density at radius 2 is 2.05 bits per heavy atom. The Labute approximate surface area is 123 Å². The molecule has 2 bridgehead atoms. The van der Waals surface area contributed by atoms with Gasteiger partial charge >= 0.3 is 0 Å². The van der Waals surface area contributed by atoms with Gasteiger partial charge < -0.3 is 14.8 Å². The number of carbonyl (C=O) groups excluding carboxylic acids is 1. The number of H-pyrrole nitrogens is 1. The zero-order valence-electron chi connectivity index (χ0n) is 12.1. The number of hydrogen-bond donors (Lipinski definition) is 1. The molecule has 0 aliphatic carbocycles. The highest BCUT2D eigenvalue weighted by Gasteiger charge is 2.39. The van der Waals surface area contributed by atoms with Crippen molar-refractivity contribution in [3.8, 4) is 0 Å². The van der Waals surface area contributed by atoms with E-state index in [2.05, 4.69) is 24.8 Å². The zero-order valence-corrected chi connectivity index (χ0v) is 12.1. The van der Waals surface area contributed by atoms with E-state index in [4.69, 9.17) is 0 Å². The fourth-order valence-electron chi connectivity index (χ4n) is 3.91. The minimum atomic E-state index is 0.207. The van der Waals surface area contributed by atoms with E-state index in [1.165, 1.54) is 6.42 Å². The maximum Gasteiger partial charge on any atom is 0.220 e. The maximum absolute atomic E-state index is 11.9. The molecule has 0 spiro atoms. The molecular weight excluding hydrogens is 266 g/mol. The Morgan fingerprint density at radius 1 is 1.29 bits per heavy atom. The van der Waals surface area contributed by atoms with Gasteiger partial charge in [0.1, 0.15) is 17.8 Å². The molecule has 0 radical (unpaired) electrons. The van der Waals surface area contributed by atoms with Gasteiger partial charge in [0.15, 0.2) is 0 Å². The summed E-state index contributed by atoms with van der Waals surface area (Å²) in [5.74, 6) is 1.19. The second-order valence-corrected chi connectivity index (χ2v) is 6.01. The molecule has 2 aliphatic heterocycles. The minimum absolute atomic E-state index is 0.207. The summed E-state index contributed by atoms with van der Waals surface area (Å²) in [6.07, 6.45) is 6.91. The van der Waals surface area contributed by atoms with Crippen molar-refractivity contribution in [2.75, 3.05) is 18.0 Å². The van der Waals surface area contributed by atoms with Crippen LogP contribution in [0.5, 0.6) is 0 Å². The number of rotatable bonds is 1. The van der Waals surface area contributed by atoms with Gasteiger partial charge in [0, 0.05) is 38.3 Å². The zero-order chi connectivity index (χ0) is 14.4. The molecule has 2 unspecified atom stereocenters. The Bertz CT molecular complexity index is 668. The second-order valence-electron chi connectivity index (χ2n) is 6.01. The van der Waals surface area contributed by atoms with E-state index in [0.29, 0.717) is 12.1 Å². The number of hydrogen-bond acceptors (Lipinski definition) is 4. The summed E-state index contributed by atoms with van der Waals surface area (Å²) in [7, 11) is 0. The number of amides is 1. The fraction of sp³-hybridized carbons (Fsp3) is 0.533. The second kappa shape index (κ2) is 4.72. The van der Waals surface area contributed by atoms with Gasteiger partial charge in [-0.2, -0.15) is 0 Å². The first-order valence-electron chi connectivity index (χ1n) is 7.56. The van der Waals surface area contributed by atoms with E-state index in [9.17, 15) is 4.79 Å². The van der Waals surface area contributed by atoms with Crippen molar-refractivity contribution in [2.45, 2.75) is 38.3 Å². The highest BCUT2D eigenvalue weighted by atomic mass is 16.2. The van der Waals surface area contributed by atoms with Crippen LogP contribution in [0.3, 0.4) is 0 Å². The third kappa shape index (κ3) is 1.97. The van der Waals surface area contributed by atoms with Crippen LogP contribution in [0.2, 0.25) is 0 Å². The first-order chi connectivity index (χ1) is 10.2. The van der Waals surface area contributed by atoms with Crippen molar-refractivity contribution in [1.82, 2.24) is 19.9 Å². The summed E-state index contributed by atoms with van der Waals surface area (Å²) >= 11 is 0. The van der Waals surface area contributed by atoms with E-state index in [-0.39, 0.29) is 5.91 Å². The molecular formula is C15H19N5O. The van der Waals surface area contributed by atoms with Crippen LogP contribution < -0.4 is 4.90 Å². The van der Waals surface area contributed by atoms with Crippen LogP contribution in [0, 0.1) is 0 Å². The molecule has 21 heavy (non-hydrogen) atoms. The minimum Gasteiger partial charge on any atom is -0.352 e. The highest BCUT2D eigenvalue weighted by molar-refractivity contribution is 5.87. The van der Waals surface area contributed by atoms with Crippen molar-refractivity contribution in [1.29, 1.82) is 0 Å². The molecule has 4 rings (SSSR count). The van der Waals surface area contributed by atoms with E-state index in [1.54, 1.807) is 13.3 Å². The summed E-state index contributed by atoms with van der Waals surface area (Å²) in [4.78, 5) is 28.2. The van der Waals surface area contributed by atoms with E-state index in [0.717, 1.165) is 42.8 Å². The molecule has 1 amide bonds. The normalized spacial score (nSPS) is 25.4. The van der Waals surface area contributed by atoms with Gasteiger partial charge in [-0.1, -0.05) is 0 Å². The van der Waals surface area contributed by atoms with Crippen molar-refractivity contribution in [3.05, 3.63) is 18.6 Å². The van der Waals surface area contributed by atoms with E-state index in [1.807, 2.05) is 12.3 Å². The molecule has 2 aliphatic rings. The van der Waals surface area contributed by atoms with Gasteiger partial charge in [-0.25, -0.2) is 9.97 Å². The first kappa shape index (κ1) is 12.6. The molecule has 1 N–H and O–H groups in total. The summed E-state index contributed by atoms with van der Waals surface area (Å²) < 4.78 is 0. The predicted octanol–water partition coefficient (Wildman–Crippen LogP) is 1.55. The lowest BCUT2D eigenvalue weighted by Crippen LogP contribution is -2.62. The smallest absolute Gasteiger partial charge is 0.220 e. The van der Waals surface area contributed by atoms with E-state index >= 15 is 0 Å². The fourth-order valence-corrected chi connectivity index (χ4v) is 3.91. The van der Waals surface area contributed by atoms with Crippen molar-refractivity contribution >= 4 is 22.8 Å². The number of piperidine rings is 1. The van der Waals surface area contributed by atoms with Crippen molar-refractivity contribution in [2.24, 2.45) is 0 Å². The number of nitrogens with zero attached hydrogens (tertiary/aromatic N) is 4. The Hall–Kier alpha value is -2.11. The monoisotopic (exact) mass is 285 g/mol. The predicted molar refractivity (Wildman–Crippen MR) is 80.0 cm³/mol. The molecule has 2 aromatic heterocycles. The van der Waals surface area contributed by atoms with Crippen LogP contribution in [0.15, 0.2) is 18.6 Å². The first-order valence-corrected chi connectivity index (χ1v) is 7.56. The number of aromatic amines is 1. The molecule has 110 valence electrons. The average molecular weight is 285 g/mol. The molecule has 2 atom stereocenters. The van der Waals surface area contributed by atoms with Gasteiger partial charge in [0.05, 0.1) is 5.39 Å². The third-order valence-electron chi connectivity index (χ3n) is 4.72. The van der Waals surface area contributed by atoms with Gasteiger partial charge in [-0.05, 0) is 25.3 Å². The Morgan fingerprint density at radius 3 is 2.76 bits per heavy atom. The van der Waals surface area contributed by atoms with Crippen LogP contribution in [0.25, 0.3) is 11.0 Å². The molecule has 6 heteroatoms. The summed E-state index contributed by atoms with van der Waals surface area (Å²) in [6, 6.07) is 2.66. The molecule has 4 heterocycles. The lowest BCUT2D eigenvalue weighted by atomic mass is 9.91. The molecule has 0 aromatic carbocycles. The van der Waals surface area contributed by atoms with Crippen LogP contribution in [0.4, 0.5) is 5.82 Å². The Balaban J connectivity index is 1.69. The SMILES string of the molecule is CC(=O)N1C2CCCC1CN(c1ncnc3[nH]ccc13)C2. The number of aromatic nitrogens is 3. The molecule has 2 fully saturated rings. The van der Waals surface area contributed by atoms with Gasteiger partial charge in [0.2, 0.25) is 5.91 Å². The average Bonchev–Trinajstić information content (AvgIpc) is 2.93. The highest BCUT2D eigenvalue weighted by Crippen LogP contribution is 2.32. The molecule has 2 saturated heterocycles. The number of anilines is 1. The largest absolute Gasteiger partial charge is 0.352 e. The van der Waals surface area contributed by atoms with Gasteiger partial charge in [0.25, 0.3) is 0 Å². The number of carbonyl (C=O) groups is 1.